The molecule has 1 saturated carbocycles. The molecular formula is C13H18. The minimum Gasteiger partial charge on any atom is -0.0628 e. The van der Waals surface area contributed by atoms with Crippen LogP contribution in [0, 0.1) is 5.92 Å². The summed E-state index contributed by atoms with van der Waals surface area (Å²) in [6.07, 6.45) is 14.0. The van der Waals surface area contributed by atoms with E-state index in [-0.39, 0.29) is 0 Å². The lowest BCUT2D eigenvalue weighted by Crippen LogP contribution is -2.10. The highest BCUT2D eigenvalue weighted by Crippen LogP contribution is 2.46. The van der Waals surface area contributed by atoms with Crippen molar-refractivity contribution in [2.45, 2.75) is 51.4 Å². The number of hydrogen-bond donors (Lipinski definition) is 0. The van der Waals surface area contributed by atoms with Crippen molar-refractivity contribution in [2.75, 3.05) is 0 Å². The number of rotatable bonds is 0. The smallest absolute Gasteiger partial charge is 0.00160 e. The minimum absolute atomic E-state index is 0.920. The van der Waals surface area contributed by atoms with E-state index in [2.05, 4.69) is 6.08 Å². The molecule has 0 bridgehead atoms. The molecule has 0 spiro atoms. The average Bonchev–Trinajstić information content (AvgIpc) is 2.56. The van der Waals surface area contributed by atoms with E-state index in [1.165, 1.54) is 51.4 Å². The van der Waals surface area contributed by atoms with Crippen molar-refractivity contribution in [2.24, 2.45) is 5.92 Å². The summed E-state index contributed by atoms with van der Waals surface area (Å²) in [7, 11) is 0. The fourth-order valence-corrected chi connectivity index (χ4v) is 3.35. The lowest BCUT2D eigenvalue weighted by atomic mass is 9.80. The molecular weight excluding hydrogens is 156 g/mol. The van der Waals surface area contributed by atoms with Crippen LogP contribution >= 0.6 is 0 Å². The summed E-state index contributed by atoms with van der Waals surface area (Å²) in [5.41, 5.74) is 5.38. The van der Waals surface area contributed by atoms with Gasteiger partial charge in [-0.2, -0.15) is 0 Å². The molecule has 0 aromatic rings. The van der Waals surface area contributed by atoms with E-state index in [1.807, 2.05) is 5.57 Å². The molecule has 0 saturated heterocycles. The fraction of sp³-hybridized carbons (Fsp3) is 0.692. The normalized spacial score (nSPS) is 32.6. The Hall–Kier alpha value is -0.520. The molecule has 1 fully saturated rings. The fourth-order valence-electron chi connectivity index (χ4n) is 3.35. The molecule has 3 aliphatic carbocycles. The second-order valence-electron chi connectivity index (χ2n) is 4.78. The Bertz CT molecular complexity index is 280. The molecule has 0 heterocycles. The molecule has 0 heteroatoms. The first-order valence-electron chi connectivity index (χ1n) is 5.87. The molecule has 0 aromatic heterocycles. The molecule has 70 valence electrons. The van der Waals surface area contributed by atoms with Gasteiger partial charge >= 0.3 is 0 Å². The molecule has 0 aliphatic heterocycles. The maximum absolute atomic E-state index is 2.55. The Labute approximate surface area is 80.7 Å². The van der Waals surface area contributed by atoms with Gasteiger partial charge in [-0.25, -0.2) is 0 Å². The maximum atomic E-state index is 2.55. The molecule has 0 nitrogen and oxygen atoms in total. The van der Waals surface area contributed by atoms with Crippen LogP contribution in [0.25, 0.3) is 0 Å². The van der Waals surface area contributed by atoms with Crippen LogP contribution in [0.4, 0.5) is 0 Å². The molecule has 3 rings (SSSR count). The van der Waals surface area contributed by atoms with Gasteiger partial charge in [0.2, 0.25) is 0 Å². The molecule has 1 atom stereocenters. The van der Waals surface area contributed by atoms with Gasteiger partial charge in [-0.1, -0.05) is 23.6 Å². The van der Waals surface area contributed by atoms with Gasteiger partial charge < -0.3 is 0 Å². The minimum atomic E-state index is 0.920. The van der Waals surface area contributed by atoms with E-state index >= 15 is 0 Å². The van der Waals surface area contributed by atoms with Crippen LogP contribution in [0.2, 0.25) is 0 Å². The third-order valence-corrected chi connectivity index (χ3v) is 3.99. The van der Waals surface area contributed by atoms with Crippen molar-refractivity contribution < 1.29 is 0 Å². The zero-order valence-electron chi connectivity index (χ0n) is 8.31. The Morgan fingerprint density at radius 1 is 0.923 bits per heavy atom. The molecule has 13 heavy (non-hydrogen) atoms. The largest absolute Gasteiger partial charge is 0.0628 e. The van der Waals surface area contributed by atoms with Gasteiger partial charge in [0.15, 0.2) is 0 Å². The highest BCUT2D eigenvalue weighted by atomic mass is 14.3. The van der Waals surface area contributed by atoms with Crippen molar-refractivity contribution in [1.82, 2.24) is 0 Å². The number of hydrogen-bond acceptors (Lipinski definition) is 0. The summed E-state index contributed by atoms with van der Waals surface area (Å²) >= 11 is 0. The molecule has 0 N–H and O–H groups in total. The summed E-state index contributed by atoms with van der Waals surface area (Å²) in [6.45, 7) is 0. The van der Waals surface area contributed by atoms with E-state index in [1.54, 1.807) is 11.1 Å². The zero-order chi connectivity index (χ0) is 8.67. The molecule has 0 aromatic carbocycles. The Morgan fingerprint density at radius 2 is 1.77 bits per heavy atom. The Kier molecular flexibility index (Phi) is 1.81. The third-order valence-electron chi connectivity index (χ3n) is 3.99. The van der Waals surface area contributed by atoms with Gasteiger partial charge in [0.25, 0.3) is 0 Å². The predicted octanol–water partition coefficient (Wildman–Crippen LogP) is 3.99. The Morgan fingerprint density at radius 3 is 2.77 bits per heavy atom. The van der Waals surface area contributed by atoms with Crippen LogP contribution < -0.4 is 0 Å². The van der Waals surface area contributed by atoms with E-state index in [4.69, 9.17) is 0 Å². The standard InChI is InChI=1S/C13H18/c1-3-7-12-10(5-1)9-11-6-2-4-8-13(11)12/h9,12H,1-8H2. The van der Waals surface area contributed by atoms with Crippen LogP contribution in [0.15, 0.2) is 22.8 Å². The van der Waals surface area contributed by atoms with Crippen LogP contribution in [0.1, 0.15) is 51.4 Å². The molecule has 0 amide bonds. The molecule has 0 radical (unpaired) electrons. The van der Waals surface area contributed by atoms with Crippen molar-refractivity contribution in [3.63, 3.8) is 0 Å². The summed E-state index contributed by atoms with van der Waals surface area (Å²) in [5, 5.41) is 0. The summed E-state index contributed by atoms with van der Waals surface area (Å²) in [6, 6.07) is 0. The van der Waals surface area contributed by atoms with E-state index in [0.717, 1.165) is 5.92 Å². The quantitative estimate of drug-likeness (QED) is 0.521. The van der Waals surface area contributed by atoms with Gasteiger partial charge in [0.1, 0.15) is 0 Å². The third kappa shape index (κ3) is 1.19. The van der Waals surface area contributed by atoms with E-state index < -0.39 is 0 Å². The van der Waals surface area contributed by atoms with Gasteiger partial charge in [0.05, 0.1) is 0 Å². The summed E-state index contributed by atoms with van der Waals surface area (Å²) < 4.78 is 0. The Balaban J connectivity index is 1.92. The van der Waals surface area contributed by atoms with Gasteiger partial charge in [-0.15, -0.1) is 0 Å². The second kappa shape index (κ2) is 3.01. The number of fused-ring (bicyclic) bond motifs is 2. The lowest BCUT2D eigenvalue weighted by molar-refractivity contribution is 0.487. The predicted molar refractivity (Wildman–Crippen MR) is 55.5 cm³/mol. The van der Waals surface area contributed by atoms with Crippen LogP contribution in [-0.4, -0.2) is 0 Å². The molecule has 1 unspecified atom stereocenters. The second-order valence-corrected chi connectivity index (χ2v) is 4.78. The molecule has 3 aliphatic rings. The highest BCUT2D eigenvalue weighted by Gasteiger charge is 2.30. The lowest BCUT2D eigenvalue weighted by Gasteiger charge is -2.25. The van der Waals surface area contributed by atoms with Crippen LogP contribution in [0.3, 0.4) is 0 Å². The average molecular weight is 174 g/mol. The van der Waals surface area contributed by atoms with Crippen molar-refractivity contribution >= 4 is 0 Å². The van der Waals surface area contributed by atoms with Crippen molar-refractivity contribution in [3.05, 3.63) is 22.8 Å². The summed E-state index contributed by atoms with van der Waals surface area (Å²) in [4.78, 5) is 0. The summed E-state index contributed by atoms with van der Waals surface area (Å²) in [5.74, 6) is 0.920. The van der Waals surface area contributed by atoms with Gasteiger partial charge in [-0.3, -0.25) is 0 Å². The number of allylic oxidation sites excluding steroid dienone is 4. The SMILES string of the molecule is C1=C2CCCCC2C2=C1CCCC2. The van der Waals surface area contributed by atoms with Gasteiger partial charge in [0, 0.05) is 5.92 Å². The topological polar surface area (TPSA) is 0 Å². The first-order valence-corrected chi connectivity index (χ1v) is 5.87. The van der Waals surface area contributed by atoms with E-state index in [0.29, 0.717) is 0 Å². The first-order chi connectivity index (χ1) is 6.45. The zero-order valence-corrected chi connectivity index (χ0v) is 8.31. The van der Waals surface area contributed by atoms with Crippen molar-refractivity contribution in [1.29, 1.82) is 0 Å². The first kappa shape index (κ1) is 7.84. The van der Waals surface area contributed by atoms with Crippen LogP contribution in [-0.2, 0) is 0 Å². The maximum Gasteiger partial charge on any atom is 0.00160 e. The van der Waals surface area contributed by atoms with Crippen LogP contribution in [0.5, 0.6) is 0 Å². The highest BCUT2D eigenvalue weighted by molar-refractivity contribution is 5.43. The van der Waals surface area contributed by atoms with E-state index in [9.17, 15) is 0 Å². The monoisotopic (exact) mass is 174 g/mol. The van der Waals surface area contributed by atoms with Crippen molar-refractivity contribution in [3.8, 4) is 0 Å². The van der Waals surface area contributed by atoms with Gasteiger partial charge in [-0.05, 0) is 50.5 Å².